The molecule has 0 saturated carbocycles. The summed E-state index contributed by atoms with van der Waals surface area (Å²) in [6, 6.07) is 14.0. The van der Waals surface area contributed by atoms with Crippen LogP contribution in [0.5, 0.6) is 0 Å². The van der Waals surface area contributed by atoms with Crippen LogP contribution in [0.15, 0.2) is 78.6 Å². The second-order valence-electron chi connectivity index (χ2n) is 8.59. The molecule has 0 aliphatic rings. The zero-order valence-electron chi connectivity index (χ0n) is 21.2. The van der Waals surface area contributed by atoms with Gasteiger partial charge in [0.15, 0.2) is 0 Å². The van der Waals surface area contributed by atoms with Crippen LogP contribution in [0.25, 0.3) is 10.7 Å². The largest absolute Gasteiger partial charge is 0.453 e. The summed E-state index contributed by atoms with van der Waals surface area (Å²) in [5.74, 6) is -0.446. The number of thiazole rings is 1. The number of carbonyl (C=O) groups excluding carboxylic acids is 2. The first-order valence-corrected chi connectivity index (χ1v) is 14.3. The molecular formula is C26H26N6O6S2. The highest BCUT2D eigenvalue weighted by Gasteiger charge is 2.26. The minimum absolute atomic E-state index is 0.177. The van der Waals surface area contributed by atoms with E-state index >= 15 is 0 Å². The minimum atomic E-state index is -4.41. The maximum absolute atomic E-state index is 13.5. The van der Waals surface area contributed by atoms with E-state index < -0.39 is 34.4 Å². The molecule has 2 atom stereocenters. The van der Waals surface area contributed by atoms with Crippen LogP contribution in [-0.2, 0) is 32.7 Å². The highest BCUT2D eigenvalue weighted by Crippen LogP contribution is 2.27. The number of amides is 2. The van der Waals surface area contributed by atoms with Gasteiger partial charge in [-0.25, -0.2) is 9.78 Å². The van der Waals surface area contributed by atoms with Gasteiger partial charge in [-0.2, -0.15) is 8.42 Å². The van der Waals surface area contributed by atoms with Gasteiger partial charge in [-0.15, -0.1) is 11.3 Å². The summed E-state index contributed by atoms with van der Waals surface area (Å²) >= 11 is 1.34. The Balaban J connectivity index is 1.60. The predicted octanol–water partition coefficient (Wildman–Crippen LogP) is 3.18. The van der Waals surface area contributed by atoms with E-state index in [9.17, 15) is 18.0 Å². The number of ether oxygens (including phenoxy) is 1. The van der Waals surface area contributed by atoms with Crippen molar-refractivity contribution in [3.63, 3.8) is 0 Å². The smallest absolute Gasteiger partial charge is 0.407 e. The summed E-state index contributed by atoms with van der Waals surface area (Å²) in [7, 11) is -3.19. The second kappa shape index (κ2) is 13.1. The molecule has 0 unspecified atom stereocenters. The number of nitrogens with one attached hydrogen (secondary N) is 3. The number of hydrogen-bond donors (Lipinski definition) is 4. The molecule has 2 heterocycles. The number of nitrogens with zero attached hydrogens (tertiary/aromatic N) is 3. The van der Waals surface area contributed by atoms with Gasteiger partial charge in [0.05, 0.1) is 30.7 Å². The van der Waals surface area contributed by atoms with Crippen molar-refractivity contribution < 1.29 is 27.3 Å². The van der Waals surface area contributed by atoms with Crippen molar-refractivity contribution in [2.45, 2.75) is 24.9 Å². The minimum Gasteiger partial charge on any atom is -0.453 e. The van der Waals surface area contributed by atoms with E-state index in [2.05, 4.69) is 25.6 Å². The van der Waals surface area contributed by atoms with E-state index in [-0.39, 0.29) is 18.5 Å². The average Bonchev–Trinajstić information content (AvgIpc) is 3.44. The van der Waals surface area contributed by atoms with Crippen molar-refractivity contribution in [1.29, 1.82) is 0 Å². The van der Waals surface area contributed by atoms with Crippen LogP contribution in [0.4, 0.5) is 10.5 Å². The molecule has 0 fully saturated rings. The van der Waals surface area contributed by atoms with E-state index in [4.69, 9.17) is 9.29 Å². The molecule has 0 aliphatic carbocycles. The molecule has 0 aliphatic heterocycles. The van der Waals surface area contributed by atoms with Gasteiger partial charge in [0, 0.05) is 24.2 Å². The maximum atomic E-state index is 13.5. The van der Waals surface area contributed by atoms with Gasteiger partial charge >= 0.3 is 16.4 Å². The number of hydrogen-bond acceptors (Lipinski definition) is 9. The van der Waals surface area contributed by atoms with Crippen molar-refractivity contribution >= 4 is 39.3 Å². The van der Waals surface area contributed by atoms with Crippen molar-refractivity contribution in [3.05, 3.63) is 95.4 Å². The fraction of sp³-hybridized carbons (Fsp3) is 0.192. The topological polar surface area (TPSA) is 172 Å². The van der Waals surface area contributed by atoms with Crippen molar-refractivity contribution in [2.75, 3.05) is 11.8 Å². The number of rotatable bonds is 11. The van der Waals surface area contributed by atoms with Gasteiger partial charge in [0.25, 0.3) is 0 Å². The maximum Gasteiger partial charge on any atom is 0.407 e. The molecule has 2 aromatic heterocycles. The lowest BCUT2D eigenvalue weighted by Gasteiger charge is -2.23. The Morgan fingerprint density at radius 1 is 1.00 bits per heavy atom. The molecule has 12 nitrogen and oxygen atoms in total. The number of anilines is 1. The highest BCUT2D eigenvalue weighted by atomic mass is 32.2. The van der Waals surface area contributed by atoms with E-state index in [1.54, 1.807) is 30.7 Å². The lowest BCUT2D eigenvalue weighted by molar-refractivity contribution is -0.123. The van der Waals surface area contributed by atoms with Crippen LogP contribution in [0.3, 0.4) is 0 Å². The number of methoxy groups -OCH3 is 1. The van der Waals surface area contributed by atoms with Crippen LogP contribution < -0.4 is 15.4 Å². The van der Waals surface area contributed by atoms with Crippen LogP contribution in [0.1, 0.15) is 22.9 Å². The quantitative estimate of drug-likeness (QED) is 0.194. The Labute approximate surface area is 234 Å². The molecule has 0 saturated heterocycles. The molecule has 2 amide bonds. The normalized spacial score (nSPS) is 12.7. The van der Waals surface area contributed by atoms with E-state index in [1.807, 2.05) is 40.4 Å². The third-order valence-corrected chi connectivity index (χ3v) is 7.07. The standard InChI is InChI=1S/C26H26N6O6S2/c1-38-26(34)31-21(14-17-5-3-2-4-6-17)24(33)29-20(13-18-7-9-19(10-8-18)32-40(35,36)37)23-16-39-25(30-23)22-15-27-11-12-28-22/h2-12,15-16,20-21,32H,13-14H2,1H3,(H,29,33)(H,31,34)(H,35,36,37)/t20-,21-/m0/s1. The number of alkyl carbamates (subject to hydrolysis) is 1. The van der Waals surface area contributed by atoms with Crippen LogP contribution in [0.2, 0.25) is 0 Å². The van der Waals surface area contributed by atoms with E-state index in [0.29, 0.717) is 16.4 Å². The first kappa shape index (κ1) is 28.6. The van der Waals surface area contributed by atoms with Crippen molar-refractivity contribution in [2.24, 2.45) is 0 Å². The number of aromatic nitrogens is 3. The molecule has 40 heavy (non-hydrogen) atoms. The fourth-order valence-electron chi connectivity index (χ4n) is 3.83. The first-order chi connectivity index (χ1) is 19.2. The fourth-order valence-corrected chi connectivity index (χ4v) is 5.10. The highest BCUT2D eigenvalue weighted by molar-refractivity contribution is 7.87. The summed E-state index contributed by atoms with van der Waals surface area (Å²) in [5.41, 5.74) is 2.92. The summed E-state index contributed by atoms with van der Waals surface area (Å²) in [6.07, 6.45) is 4.48. The third kappa shape index (κ3) is 8.30. The van der Waals surface area contributed by atoms with Crippen LogP contribution in [0, 0.1) is 0 Å². The zero-order chi connectivity index (χ0) is 28.5. The summed E-state index contributed by atoms with van der Waals surface area (Å²) < 4.78 is 38.0. The molecule has 0 bridgehead atoms. The predicted molar refractivity (Wildman–Crippen MR) is 149 cm³/mol. The number of carbonyl (C=O) groups is 2. The Hall–Kier alpha value is -4.40. The summed E-state index contributed by atoms with van der Waals surface area (Å²) in [6.45, 7) is 0. The van der Waals surface area contributed by atoms with Gasteiger partial charge in [-0.3, -0.25) is 24.0 Å². The summed E-state index contributed by atoms with van der Waals surface area (Å²) in [5, 5.41) is 8.02. The van der Waals surface area contributed by atoms with Crippen molar-refractivity contribution in [3.8, 4) is 10.7 Å². The van der Waals surface area contributed by atoms with Gasteiger partial charge in [-0.05, 0) is 29.7 Å². The van der Waals surface area contributed by atoms with Crippen molar-refractivity contribution in [1.82, 2.24) is 25.6 Å². The number of benzene rings is 2. The van der Waals surface area contributed by atoms with Gasteiger partial charge in [0.1, 0.15) is 16.7 Å². The molecule has 2 aromatic carbocycles. The molecule has 0 radical (unpaired) electrons. The Kier molecular flexibility index (Phi) is 9.37. The molecule has 4 aromatic rings. The van der Waals surface area contributed by atoms with Gasteiger partial charge < -0.3 is 15.4 Å². The monoisotopic (exact) mass is 582 g/mol. The van der Waals surface area contributed by atoms with Crippen LogP contribution in [-0.4, -0.2) is 53.1 Å². The Bertz CT molecular complexity index is 1530. The van der Waals surface area contributed by atoms with E-state index in [1.165, 1.54) is 30.6 Å². The molecule has 208 valence electrons. The Morgan fingerprint density at radius 3 is 2.38 bits per heavy atom. The first-order valence-electron chi connectivity index (χ1n) is 11.9. The summed E-state index contributed by atoms with van der Waals surface area (Å²) in [4.78, 5) is 38.6. The molecular weight excluding hydrogens is 556 g/mol. The lowest BCUT2D eigenvalue weighted by Crippen LogP contribution is -2.49. The van der Waals surface area contributed by atoms with Crippen LogP contribution >= 0.6 is 11.3 Å². The lowest BCUT2D eigenvalue weighted by atomic mass is 10.0. The SMILES string of the molecule is COC(=O)N[C@@H](Cc1ccccc1)C(=O)N[C@@H](Cc1ccc(NS(=O)(=O)O)cc1)c1csc(-c2cnccn2)n1. The molecule has 4 rings (SSSR count). The Morgan fingerprint density at radius 2 is 1.73 bits per heavy atom. The molecule has 4 N–H and O–H groups in total. The van der Waals surface area contributed by atoms with E-state index in [0.717, 1.165) is 11.1 Å². The molecule has 0 spiro atoms. The molecule has 14 heteroatoms. The van der Waals surface area contributed by atoms with Gasteiger partial charge in [0.2, 0.25) is 5.91 Å². The zero-order valence-corrected chi connectivity index (χ0v) is 22.9. The third-order valence-electron chi connectivity index (χ3n) is 5.69. The van der Waals surface area contributed by atoms with Gasteiger partial charge in [-0.1, -0.05) is 42.5 Å². The second-order valence-corrected chi connectivity index (χ2v) is 10.6. The average molecular weight is 583 g/mol.